The summed E-state index contributed by atoms with van der Waals surface area (Å²) in [5.41, 5.74) is 5.94. The summed E-state index contributed by atoms with van der Waals surface area (Å²) in [6.07, 6.45) is 3.24. The van der Waals surface area contributed by atoms with Gasteiger partial charge in [0.15, 0.2) is 0 Å². The highest BCUT2D eigenvalue weighted by atomic mass is 16.2. The van der Waals surface area contributed by atoms with E-state index in [0.29, 0.717) is 18.5 Å². The lowest BCUT2D eigenvalue weighted by molar-refractivity contribution is -0.134. The molecule has 2 aliphatic rings. The van der Waals surface area contributed by atoms with Gasteiger partial charge in [0, 0.05) is 18.5 Å². The fourth-order valence-electron chi connectivity index (χ4n) is 3.60. The van der Waals surface area contributed by atoms with E-state index in [1.165, 1.54) is 0 Å². The van der Waals surface area contributed by atoms with Crippen molar-refractivity contribution in [3.8, 4) is 0 Å². The molecule has 3 nitrogen and oxygen atoms in total. The van der Waals surface area contributed by atoms with Crippen molar-refractivity contribution in [2.75, 3.05) is 13.1 Å². The number of nitrogens with zero attached hydrogens (tertiary/aromatic N) is 1. The topological polar surface area (TPSA) is 46.3 Å². The Labute approximate surface area is 105 Å². The maximum absolute atomic E-state index is 12.6. The van der Waals surface area contributed by atoms with E-state index in [4.69, 9.17) is 5.73 Å². The second kappa shape index (κ2) is 3.98. The van der Waals surface area contributed by atoms with Gasteiger partial charge in [-0.3, -0.25) is 4.79 Å². The van der Waals surface area contributed by atoms with Crippen LogP contribution in [0.5, 0.6) is 0 Å². The minimum atomic E-state index is 0.153. The highest BCUT2D eigenvalue weighted by Crippen LogP contribution is 2.69. The number of nitrogens with two attached hydrogens (primary N) is 1. The summed E-state index contributed by atoms with van der Waals surface area (Å²) < 4.78 is 0. The van der Waals surface area contributed by atoms with Crippen LogP contribution in [0, 0.1) is 16.7 Å². The van der Waals surface area contributed by atoms with E-state index in [1.807, 2.05) is 0 Å². The normalized spacial score (nSPS) is 30.6. The molecule has 2 N–H and O–H groups in total. The quantitative estimate of drug-likeness (QED) is 0.817. The Balaban J connectivity index is 2.07. The minimum Gasteiger partial charge on any atom is -0.339 e. The smallest absolute Gasteiger partial charge is 0.227 e. The first-order valence-corrected chi connectivity index (χ1v) is 6.84. The van der Waals surface area contributed by atoms with Crippen LogP contribution < -0.4 is 5.73 Å². The predicted octanol–water partition coefficient (Wildman–Crippen LogP) is 2.01. The van der Waals surface area contributed by atoms with Gasteiger partial charge in [0.25, 0.3) is 0 Å². The van der Waals surface area contributed by atoms with Crippen LogP contribution in [0.1, 0.15) is 47.0 Å². The first-order valence-electron chi connectivity index (χ1n) is 6.84. The molecule has 2 rings (SSSR count). The molecule has 0 bridgehead atoms. The Morgan fingerprint density at radius 1 is 1.29 bits per heavy atom. The second-order valence-corrected chi connectivity index (χ2v) is 6.78. The molecule has 98 valence electrons. The molecule has 0 aromatic heterocycles. The van der Waals surface area contributed by atoms with Gasteiger partial charge in [-0.1, -0.05) is 27.7 Å². The van der Waals surface area contributed by atoms with E-state index in [0.717, 1.165) is 25.8 Å². The van der Waals surface area contributed by atoms with Gasteiger partial charge >= 0.3 is 0 Å². The van der Waals surface area contributed by atoms with Gasteiger partial charge in [-0.25, -0.2) is 0 Å². The fourth-order valence-corrected chi connectivity index (χ4v) is 3.60. The van der Waals surface area contributed by atoms with Crippen molar-refractivity contribution >= 4 is 5.91 Å². The van der Waals surface area contributed by atoms with E-state index < -0.39 is 0 Å². The zero-order valence-corrected chi connectivity index (χ0v) is 11.6. The molecule has 2 fully saturated rings. The number of rotatable bonds is 3. The summed E-state index contributed by atoms with van der Waals surface area (Å²) in [5.74, 6) is 0.573. The monoisotopic (exact) mass is 238 g/mol. The summed E-state index contributed by atoms with van der Waals surface area (Å²) in [5, 5.41) is 0. The molecule has 1 heterocycles. The SMILES string of the molecule is CC1(C)C(C(=O)N2CCCC2CCN)C1(C)C. The van der Waals surface area contributed by atoms with E-state index in [-0.39, 0.29) is 16.7 Å². The van der Waals surface area contributed by atoms with Crippen LogP contribution in [0.25, 0.3) is 0 Å². The van der Waals surface area contributed by atoms with E-state index in [2.05, 4.69) is 32.6 Å². The van der Waals surface area contributed by atoms with Crippen molar-refractivity contribution in [3.05, 3.63) is 0 Å². The van der Waals surface area contributed by atoms with Crippen LogP contribution in [0.2, 0.25) is 0 Å². The average molecular weight is 238 g/mol. The largest absolute Gasteiger partial charge is 0.339 e. The molecule has 1 saturated heterocycles. The maximum Gasteiger partial charge on any atom is 0.227 e. The minimum absolute atomic E-state index is 0.153. The lowest BCUT2D eigenvalue weighted by Gasteiger charge is -2.25. The van der Waals surface area contributed by atoms with Crippen LogP contribution in [0.4, 0.5) is 0 Å². The van der Waals surface area contributed by atoms with Gasteiger partial charge in [0.1, 0.15) is 0 Å². The summed E-state index contributed by atoms with van der Waals surface area (Å²) in [7, 11) is 0. The van der Waals surface area contributed by atoms with Crippen LogP contribution in [0.15, 0.2) is 0 Å². The van der Waals surface area contributed by atoms with Crippen molar-refractivity contribution in [3.63, 3.8) is 0 Å². The van der Waals surface area contributed by atoms with Crippen LogP contribution in [-0.2, 0) is 4.79 Å². The van der Waals surface area contributed by atoms with Gasteiger partial charge < -0.3 is 10.6 Å². The maximum atomic E-state index is 12.6. The molecule has 0 aromatic carbocycles. The number of hydrogen-bond acceptors (Lipinski definition) is 2. The van der Waals surface area contributed by atoms with Crippen LogP contribution in [0.3, 0.4) is 0 Å². The highest BCUT2D eigenvalue weighted by Gasteiger charge is 2.69. The Morgan fingerprint density at radius 3 is 2.35 bits per heavy atom. The molecule has 1 unspecified atom stereocenters. The highest BCUT2D eigenvalue weighted by molar-refractivity contribution is 5.84. The molecule has 3 heteroatoms. The zero-order chi connectivity index (χ0) is 12.8. The number of carbonyl (C=O) groups is 1. The first-order chi connectivity index (χ1) is 7.84. The molecule has 0 radical (unpaired) electrons. The van der Waals surface area contributed by atoms with Crippen LogP contribution >= 0.6 is 0 Å². The summed E-state index contributed by atoms with van der Waals surface area (Å²) >= 11 is 0. The van der Waals surface area contributed by atoms with Gasteiger partial charge in [-0.2, -0.15) is 0 Å². The van der Waals surface area contributed by atoms with E-state index in [9.17, 15) is 4.79 Å². The third-order valence-corrected chi connectivity index (χ3v) is 5.43. The Hall–Kier alpha value is -0.570. The number of carbonyl (C=O) groups excluding carboxylic acids is 1. The molecule has 1 aliphatic carbocycles. The van der Waals surface area contributed by atoms with E-state index >= 15 is 0 Å². The second-order valence-electron chi connectivity index (χ2n) is 6.78. The van der Waals surface area contributed by atoms with E-state index in [1.54, 1.807) is 0 Å². The standard InChI is InChI=1S/C14H26N2O/c1-13(2)11(14(13,3)4)12(17)16-9-5-6-10(16)7-8-15/h10-11H,5-9,15H2,1-4H3. The molecule has 1 aliphatic heterocycles. The van der Waals surface area contributed by atoms with Gasteiger partial charge in [-0.15, -0.1) is 0 Å². The summed E-state index contributed by atoms with van der Waals surface area (Å²) in [6, 6.07) is 0.402. The Morgan fingerprint density at radius 2 is 1.88 bits per heavy atom. The summed E-state index contributed by atoms with van der Waals surface area (Å²) in [6.45, 7) is 10.5. The molecular formula is C14H26N2O. The molecule has 17 heavy (non-hydrogen) atoms. The molecule has 1 amide bonds. The first kappa shape index (κ1) is 12.9. The van der Waals surface area contributed by atoms with Gasteiger partial charge in [-0.05, 0) is 36.6 Å². The zero-order valence-electron chi connectivity index (χ0n) is 11.6. The van der Waals surface area contributed by atoms with Gasteiger partial charge in [0.05, 0.1) is 0 Å². The number of amides is 1. The molecule has 1 atom stereocenters. The van der Waals surface area contributed by atoms with Crippen molar-refractivity contribution in [1.29, 1.82) is 0 Å². The molecular weight excluding hydrogens is 212 g/mol. The van der Waals surface area contributed by atoms with Crippen molar-refractivity contribution in [1.82, 2.24) is 4.90 Å². The van der Waals surface area contributed by atoms with Gasteiger partial charge in [0.2, 0.25) is 5.91 Å². The lowest BCUT2D eigenvalue weighted by Crippen LogP contribution is -2.38. The average Bonchev–Trinajstić information content (AvgIpc) is 2.58. The van der Waals surface area contributed by atoms with Crippen molar-refractivity contribution in [2.45, 2.75) is 53.0 Å². The molecule has 0 aromatic rings. The molecule has 1 saturated carbocycles. The predicted molar refractivity (Wildman–Crippen MR) is 69.5 cm³/mol. The van der Waals surface area contributed by atoms with Crippen LogP contribution in [-0.4, -0.2) is 29.9 Å². The number of likely N-dealkylation sites (tertiary alicyclic amines) is 1. The fraction of sp³-hybridized carbons (Fsp3) is 0.929. The van der Waals surface area contributed by atoms with Crippen molar-refractivity contribution in [2.24, 2.45) is 22.5 Å². The molecule has 0 spiro atoms. The summed E-state index contributed by atoms with van der Waals surface area (Å²) in [4.78, 5) is 14.7. The Kier molecular flexibility index (Phi) is 3.01. The number of hydrogen-bond donors (Lipinski definition) is 1. The third kappa shape index (κ3) is 1.79. The third-order valence-electron chi connectivity index (χ3n) is 5.43. The Bertz CT molecular complexity index is 308. The van der Waals surface area contributed by atoms with Crippen molar-refractivity contribution < 1.29 is 4.79 Å². The lowest BCUT2D eigenvalue weighted by atomic mass is 10.0.